The summed E-state index contributed by atoms with van der Waals surface area (Å²) >= 11 is 3.40. The van der Waals surface area contributed by atoms with E-state index in [2.05, 4.69) is 21.2 Å². The third-order valence-corrected chi connectivity index (χ3v) is 5.51. The lowest BCUT2D eigenvalue weighted by atomic mass is 10.1. The van der Waals surface area contributed by atoms with E-state index in [0.717, 1.165) is 33.4 Å². The van der Waals surface area contributed by atoms with Crippen LogP contribution in [-0.4, -0.2) is 42.8 Å². The SMILES string of the molecule is CCC(=O)N1CCc2cc(C(=O)N(C)CC(=O)Nc3ccc(Br)cc3C)ccc21. The van der Waals surface area contributed by atoms with Gasteiger partial charge < -0.3 is 15.1 Å². The Kier molecular flexibility index (Phi) is 6.37. The van der Waals surface area contributed by atoms with Gasteiger partial charge in [0.05, 0.1) is 6.54 Å². The van der Waals surface area contributed by atoms with Gasteiger partial charge in [0.25, 0.3) is 5.91 Å². The number of hydrogen-bond donors (Lipinski definition) is 1. The van der Waals surface area contributed by atoms with Crippen LogP contribution in [0.15, 0.2) is 40.9 Å². The molecule has 0 saturated carbocycles. The van der Waals surface area contributed by atoms with E-state index >= 15 is 0 Å². The van der Waals surface area contributed by atoms with E-state index in [-0.39, 0.29) is 24.3 Å². The van der Waals surface area contributed by atoms with Crippen molar-refractivity contribution in [1.29, 1.82) is 0 Å². The molecule has 1 aliphatic rings. The second kappa shape index (κ2) is 8.78. The van der Waals surface area contributed by atoms with Gasteiger partial charge in [0.2, 0.25) is 11.8 Å². The fourth-order valence-electron chi connectivity index (χ4n) is 3.45. The number of nitrogens with one attached hydrogen (secondary N) is 1. The molecule has 0 saturated heterocycles. The maximum Gasteiger partial charge on any atom is 0.254 e. The molecule has 0 radical (unpaired) electrons. The molecule has 1 heterocycles. The molecule has 1 aliphatic heterocycles. The van der Waals surface area contributed by atoms with Gasteiger partial charge in [0.1, 0.15) is 0 Å². The highest BCUT2D eigenvalue weighted by molar-refractivity contribution is 9.10. The van der Waals surface area contributed by atoms with Crippen LogP contribution in [0.3, 0.4) is 0 Å². The van der Waals surface area contributed by atoms with Gasteiger partial charge >= 0.3 is 0 Å². The van der Waals surface area contributed by atoms with E-state index in [1.807, 2.05) is 44.2 Å². The molecule has 152 valence electrons. The number of likely N-dealkylation sites (N-methyl/N-ethyl adjacent to an activating group) is 1. The summed E-state index contributed by atoms with van der Waals surface area (Å²) in [5.74, 6) is -0.400. The Labute approximate surface area is 179 Å². The first-order chi connectivity index (χ1) is 13.8. The lowest BCUT2D eigenvalue weighted by molar-refractivity contribution is -0.118. The van der Waals surface area contributed by atoms with E-state index in [4.69, 9.17) is 0 Å². The Bertz CT molecular complexity index is 974. The second-order valence-electron chi connectivity index (χ2n) is 7.16. The molecule has 29 heavy (non-hydrogen) atoms. The zero-order valence-electron chi connectivity index (χ0n) is 16.8. The molecule has 0 unspecified atom stereocenters. The first-order valence-electron chi connectivity index (χ1n) is 9.55. The summed E-state index contributed by atoms with van der Waals surface area (Å²) in [6.45, 7) is 4.34. The zero-order valence-corrected chi connectivity index (χ0v) is 18.4. The van der Waals surface area contributed by atoms with E-state index in [1.165, 1.54) is 4.90 Å². The minimum Gasteiger partial charge on any atom is -0.332 e. The van der Waals surface area contributed by atoms with Crippen LogP contribution in [0.2, 0.25) is 0 Å². The normalized spacial score (nSPS) is 12.5. The molecule has 1 N–H and O–H groups in total. The van der Waals surface area contributed by atoms with Crippen LogP contribution in [0.5, 0.6) is 0 Å². The average molecular weight is 458 g/mol. The average Bonchev–Trinajstić information content (AvgIpc) is 3.12. The van der Waals surface area contributed by atoms with Crippen LogP contribution in [0.1, 0.15) is 34.8 Å². The van der Waals surface area contributed by atoms with Gasteiger partial charge in [-0.1, -0.05) is 22.9 Å². The number of benzene rings is 2. The second-order valence-corrected chi connectivity index (χ2v) is 8.08. The first kappa shape index (κ1) is 21.0. The Morgan fingerprint density at radius 3 is 2.62 bits per heavy atom. The molecule has 7 heteroatoms. The smallest absolute Gasteiger partial charge is 0.254 e. The maximum absolute atomic E-state index is 12.8. The van der Waals surface area contributed by atoms with Gasteiger partial charge in [-0.2, -0.15) is 0 Å². The van der Waals surface area contributed by atoms with Crippen molar-refractivity contribution in [2.75, 3.05) is 30.4 Å². The Morgan fingerprint density at radius 1 is 1.17 bits per heavy atom. The number of halogens is 1. The molecule has 2 aromatic rings. The van der Waals surface area contributed by atoms with Gasteiger partial charge in [-0.05, 0) is 60.9 Å². The van der Waals surface area contributed by atoms with Crippen LogP contribution < -0.4 is 10.2 Å². The monoisotopic (exact) mass is 457 g/mol. The highest BCUT2D eigenvalue weighted by Crippen LogP contribution is 2.29. The summed E-state index contributed by atoms with van der Waals surface area (Å²) < 4.78 is 0.941. The molecule has 6 nitrogen and oxygen atoms in total. The van der Waals surface area contributed by atoms with Gasteiger partial charge in [-0.3, -0.25) is 14.4 Å². The van der Waals surface area contributed by atoms with Gasteiger partial charge in [0.15, 0.2) is 0 Å². The van der Waals surface area contributed by atoms with Crippen molar-refractivity contribution in [1.82, 2.24) is 4.90 Å². The number of anilines is 2. The molecule has 0 spiro atoms. The van der Waals surface area contributed by atoms with Crippen molar-refractivity contribution in [3.05, 3.63) is 57.6 Å². The van der Waals surface area contributed by atoms with E-state index in [0.29, 0.717) is 18.5 Å². The van der Waals surface area contributed by atoms with E-state index < -0.39 is 0 Å². The molecule has 0 atom stereocenters. The van der Waals surface area contributed by atoms with Crippen molar-refractivity contribution >= 4 is 45.0 Å². The molecule has 2 aromatic carbocycles. The molecular formula is C22H24BrN3O3. The van der Waals surface area contributed by atoms with Crippen LogP contribution in [0.4, 0.5) is 11.4 Å². The molecule has 0 fully saturated rings. The van der Waals surface area contributed by atoms with Crippen molar-refractivity contribution < 1.29 is 14.4 Å². The third kappa shape index (κ3) is 4.67. The van der Waals surface area contributed by atoms with Crippen LogP contribution >= 0.6 is 15.9 Å². The molecule has 0 aliphatic carbocycles. The van der Waals surface area contributed by atoms with Crippen molar-refractivity contribution in [2.24, 2.45) is 0 Å². The number of amides is 3. The fourth-order valence-corrected chi connectivity index (χ4v) is 3.92. The summed E-state index contributed by atoms with van der Waals surface area (Å²) in [7, 11) is 1.61. The maximum atomic E-state index is 12.8. The fraction of sp³-hybridized carbons (Fsp3) is 0.318. The van der Waals surface area contributed by atoms with Crippen LogP contribution in [-0.2, 0) is 16.0 Å². The molecule has 3 amide bonds. The predicted molar refractivity (Wildman–Crippen MR) is 117 cm³/mol. The highest BCUT2D eigenvalue weighted by Gasteiger charge is 2.25. The first-order valence-corrected chi connectivity index (χ1v) is 10.3. The number of hydrogen-bond acceptors (Lipinski definition) is 3. The Morgan fingerprint density at radius 2 is 1.93 bits per heavy atom. The Balaban J connectivity index is 1.66. The topological polar surface area (TPSA) is 69.7 Å². The summed E-state index contributed by atoms with van der Waals surface area (Å²) in [5, 5.41) is 2.84. The van der Waals surface area contributed by atoms with Crippen molar-refractivity contribution in [3.63, 3.8) is 0 Å². The zero-order chi connectivity index (χ0) is 21.1. The summed E-state index contributed by atoms with van der Waals surface area (Å²) in [6, 6.07) is 11.0. The summed E-state index contributed by atoms with van der Waals surface area (Å²) in [4.78, 5) is 40.3. The molecule has 0 bridgehead atoms. The minimum atomic E-state index is -0.257. The predicted octanol–water partition coefficient (Wildman–Crippen LogP) is 3.77. The lowest BCUT2D eigenvalue weighted by Gasteiger charge is -2.19. The number of fused-ring (bicyclic) bond motifs is 1. The largest absolute Gasteiger partial charge is 0.332 e. The number of rotatable bonds is 5. The van der Waals surface area contributed by atoms with Gasteiger partial charge in [-0.15, -0.1) is 0 Å². The number of carbonyl (C=O) groups is 3. The number of carbonyl (C=O) groups excluding carboxylic acids is 3. The van der Waals surface area contributed by atoms with E-state index in [1.54, 1.807) is 18.0 Å². The Hall–Kier alpha value is -2.67. The standard InChI is InChI=1S/C22H24BrN3O3/c1-4-21(28)26-10-9-15-12-16(5-8-19(15)26)22(29)25(3)13-20(27)24-18-7-6-17(23)11-14(18)2/h5-8,11-12H,4,9-10,13H2,1-3H3,(H,24,27). The summed E-state index contributed by atoms with van der Waals surface area (Å²) in [6.07, 6.45) is 1.19. The molecular weight excluding hydrogens is 434 g/mol. The summed E-state index contributed by atoms with van der Waals surface area (Å²) in [5.41, 5.74) is 4.04. The number of aryl methyl sites for hydroxylation is 1. The molecule has 3 rings (SSSR count). The third-order valence-electron chi connectivity index (χ3n) is 5.02. The van der Waals surface area contributed by atoms with Crippen LogP contribution in [0, 0.1) is 6.92 Å². The number of nitrogens with zero attached hydrogens (tertiary/aromatic N) is 2. The molecule has 0 aromatic heterocycles. The lowest BCUT2D eigenvalue weighted by Crippen LogP contribution is -2.35. The van der Waals surface area contributed by atoms with Crippen LogP contribution in [0.25, 0.3) is 0 Å². The minimum absolute atomic E-state index is 0.0497. The van der Waals surface area contributed by atoms with Gasteiger partial charge in [-0.25, -0.2) is 0 Å². The van der Waals surface area contributed by atoms with Crippen molar-refractivity contribution in [2.45, 2.75) is 26.7 Å². The quantitative estimate of drug-likeness (QED) is 0.742. The van der Waals surface area contributed by atoms with E-state index in [9.17, 15) is 14.4 Å². The highest BCUT2D eigenvalue weighted by atomic mass is 79.9. The van der Waals surface area contributed by atoms with Crippen molar-refractivity contribution in [3.8, 4) is 0 Å². The van der Waals surface area contributed by atoms with Gasteiger partial charge in [0, 0.05) is 41.4 Å².